The molecule has 2 N–H and O–H groups in total. The van der Waals surface area contributed by atoms with Crippen molar-refractivity contribution in [3.63, 3.8) is 0 Å². The van der Waals surface area contributed by atoms with Gasteiger partial charge < -0.3 is 19.7 Å². The van der Waals surface area contributed by atoms with Gasteiger partial charge in [0.05, 0.1) is 14.2 Å². The molecular formula is C9H9NO4. The summed E-state index contributed by atoms with van der Waals surface area (Å²) in [6.07, 6.45) is 0. The van der Waals surface area contributed by atoms with Gasteiger partial charge in [0.1, 0.15) is 11.6 Å². The summed E-state index contributed by atoms with van der Waals surface area (Å²) in [6, 6.07) is 2.83. The Morgan fingerprint density at radius 3 is 1.86 bits per heavy atom. The van der Waals surface area contributed by atoms with E-state index in [9.17, 15) is 10.2 Å². The minimum absolute atomic E-state index is 0.0119. The van der Waals surface area contributed by atoms with E-state index >= 15 is 0 Å². The maximum Gasteiger partial charge on any atom is 0.182 e. The number of ether oxygens (including phenoxy) is 2. The van der Waals surface area contributed by atoms with Crippen molar-refractivity contribution >= 4 is 0 Å². The summed E-state index contributed by atoms with van der Waals surface area (Å²) in [4.78, 5) is 0. The van der Waals surface area contributed by atoms with Crippen LogP contribution in [0.1, 0.15) is 5.56 Å². The fourth-order valence-electron chi connectivity index (χ4n) is 1.13. The van der Waals surface area contributed by atoms with Crippen LogP contribution in [0.15, 0.2) is 6.07 Å². The topological polar surface area (TPSA) is 82.7 Å². The first-order valence-electron chi connectivity index (χ1n) is 3.72. The third kappa shape index (κ3) is 1.38. The second kappa shape index (κ2) is 3.75. The molecule has 74 valence electrons. The number of aromatic hydroxyl groups is 2. The number of nitriles is 1. The van der Waals surface area contributed by atoms with Crippen LogP contribution in [0.3, 0.4) is 0 Å². The first kappa shape index (κ1) is 9.99. The Balaban J connectivity index is 3.53. The van der Waals surface area contributed by atoms with Gasteiger partial charge in [-0.05, 0) is 0 Å². The Kier molecular flexibility index (Phi) is 2.67. The van der Waals surface area contributed by atoms with Gasteiger partial charge in [-0.15, -0.1) is 0 Å². The van der Waals surface area contributed by atoms with E-state index in [1.54, 1.807) is 6.07 Å². The van der Waals surface area contributed by atoms with Gasteiger partial charge in [-0.2, -0.15) is 5.26 Å². The molecule has 5 heteroatoms. The van der Waals surface area contributed by atoms with Crippen LogP contribution in [0.25, 0.3) is 0 Å². The third-order valence-corrected chi connectivity index (χ3v) is 1.71. The van der Waals surface area contributed by atoms with Gasteiger partial charge in [-0.1, -0.05) is 0 Å². The van der Waals surface area contributed by atoms with Gasteiger partial charge in [0, 0.05) is 6.07 Å². The van der Waals surface area contributed by atoms with Gasteiger partial charge in [0.25, 0.3) is 0 Å². The number of hydrogen-bond donors (Lipinski definition) is 2. The number of nitrogens with zero attached hydrogens (tertiary/aromatic N) is 1. The van der Waals surface area contributed by atoms with Crippen LogP contribution >= 0.6 is 0 Å². The van der Waals surface area contributed by atoms with Crippen molar-refractivity contribution in [2.45, 2.75) is 0 Å². The number of benzene rings is 1. The highest BCUT2D eigenvalue weighted by Gasteiger charge is 2.18. The van der Waals surface area contributed by atoms with E-state index in [1.165, 1.54) is 14.2 Å². The van der Waals surface area contributed by atoms with Crippen LogP contribution < -0.4 is 9.47 Å². The average Bonchev–Trinajstić information content (AvgIpc) is 2.16. The van der Waals surface area contributed by atoms with Crippen molar-refractivity contribution in [2.75, 3.05) is 14.2 Å². The van der Waals surface area contributed by atoms with Crippen molar-refractivity contribution < 1.29 is 19.7 Å². The van der Waals surface area contributed by atoms with Crippen molar-refractivity contribution in [3.8, 4) is 29.1 Å². The van der Waals surface area contributed by atoms with E-state index in [-0.39, 0.29) is 28.6 Å². The van der Waals surface area contributed by atoms with Gasteiger partial charge in [0.15, 0.2) is 23.0 Å². The molecule has 0 saturated heterocycles. The molecule has 0 radical (unpaired) electrons. The molecule has 1 rings (SSSR count). The summed E-state index contributed by atoms with van der Waals surface area (Å²) in [7, 11) is 2.62. The minimum Gasteiger partial charge on any atom is -0.504 e. The van der Waals surface area contributed by atoms with E-state index in [0.717, 1.165) is 6.07 Å². The monoisotopic (exact) mass is 195 g/mol. The first-order valence-corrected chi connectivity index (χ1v) is 3.72. The molecule has 0 heterocycles. The fraction of sp³-hybridized carbons (Fsp3) is 0.222. The lowest BCUT2D eigenvalue weighted by molar-refractivity contribution is 0.344. The molecule has 0 saturated carbocycles. The van der Waals surface area contributed by atoms with Gasteiger partial charge in [0.2, 0.25) is 0 Å². The zero-order valence-electron chi connectivity index (χ0n) is 7.74. The third-order valence-electron chi connectivity index (χ3n) is 1.71. The Bertz CT molecular complexity index is 367. The highest BCUT2D eigenvalue weighted by molar-refractivity contribution is 5.64. The van der Waals surface area contributed by atoms with Crippen molar-refractivity contribution in [1.82, 2.24) is 0 Å². The molecule has 14 heavy (non-hydrogen) atoms. The summed E-state index contributed by atoms with van der Waals surface area (Å²) in [5.74, 6) is -0.631. The quantitative estimate of drug-likeness (QED) is 0.735. The molecule has 0 unspecified atom stereocenters. The largest absolute Gasteiger partial charge is 0.504 e. The molecule has 0 atom stereocenters. The zero-order chi connectivity index (χ0) is 10.7. The van der Waals surface area contributed by atoms with Crippen LogP contribution in [0.4, 0.5) is 0 Å². The summed E-state index contributed by atoms with van der Waals surface area (Å²) in [5, 5.41) is 27.4. The van der Waals surface area contributed by atoms with E-state index in [4.69, 9.17) is 14.7 Å². The molecule has 1 aromatic carbocycles. The SMILES string of the molecule is COc1c(O)cc(O)c(OC)c1C#N. The lowest BCUT2D eigenvalue weighted by atomic mass is 10.1. The normalized spacial score (nSPS) is 9.21. The molecule has 5 nitrogen and oxygen atoms in total. The molecule has 0 aliphatic rings. The zero-order valence-corrected chi connectivity index (χ0v) is 7.74. The van der Waals surface area contributed by atoms with E-state index < -0.39 is 0 Å². The van der Waals surface area contributed by atoms with E-state index in [1.807, 2.05) is 0 Å². The molecular weight excluding hydrogens is 186 g/mol. The highest BCUT2D eigenvalue weighted by atomic mass is 16.5. The predicted octanol–water partition coefficient (Wildman–Crippen LogP) is 0.987. The Hall–Kier alpha value is -2.09. The van der Waals surface area contributed by atoms with Crippen LogP contribution in [0.5, 0.6) is 23.0 Å². The van der Waals surface area contributed by atoms with Crippen LogP contribution in [0, 0.1) is 11.3 Å². The second-order valence-corrected chi connectivity index (χ2v) is 2.47. The molecule has 0 aliphatic heterocycles. The van der Waals surface area contributed by atoms with Crippen molar-refractivity contribution in [1.29, 1.82) is 5.26 Å². The minimum atomic E-state index is -0.303. The molecule has 0 aromatic heterocycles. The number of methoxy groups -OCH3 is 2. The van der Waals surface area contributed by atoms with Crippen LogP contribution in [-0.4, -0.2) is 24.4 Å². The average molecular weight is 195 g/mol. The molecule has 1 aromatic rings. The maximum atomic E-state index is 9.33. The number of hydrogen-bond acceptors (Lipinski definition) is 5. The summed E-state index contributed by atoms with van der Waals surface area (Å²) in [5.41, 5.74) is -0.0347. The van der Waals surface area contributed by atoms with Gasteiger partial charge in [-0.3, -0.25) is 0 Å². The van der Waals surface area contributed by atoms with Crippen molar-refractivity contribution in [2.24, 2.45) is 0 Å². The lowest BCUT2D eigenvalue weighted by Gasteiger charge is -2.10. The highest BCUT2D eigenvalue weighted by Crippen LogP contribution is 2.42. The standard InChI is InChI=1S/C9H9NO4/c1-13-8-5(4-10)9(14-2)7(12)3-6(8)11/h3,11-12H,1-2H3. The van der Waals surface area contributed by atoms with E-state index in [2.05, 4.69) is 0 Å². The molecule has 0 bridgehead atoms. The molecule has 0 amide bonds. The summed E-state index contributed by atoms with van der Waals surface area (Å²) >= 11 is 0. The molecule has 0 aliphatic carbocycles. The first-order chi connectivity index (χ1) is 6.65. The number of phenols is 2. The predicted molar refractivity (Wildman–Crippen MR) is 47.6 cm³/mol. The van der Waals surface area contributed by atoms with Crippen molar-refractivity contribution in [3.05, 3.63) is 11.6 Å². The summed E-state index contributed by atoms with van der Waals surface area (Å²) < 4.78 is 9.60. The fourth-order valence-corrected chi connectivity index (χ4v) is 1.13. The molecule has 0 spiro atoms. The molecule has 0 fully saturated rings. The van der Waals surface area contributed by atoms with Crippen LogP contribution in [-0.2, 0) is 0 Å². The number of phenolic OH excluding ortho intramolecular Hbond substituents is 2. The van der Waals surface area contributed by atoms with Gasteiger partial charge >= 0.3 is 0 Å². The Morgan fingerprint density at radius 2 is 1.57 bits per heavy atom. The number of rotatable bonds is 2. The Morgan fingerprint density at radius 1 is 1.14 bits per heavy atom. The maximum absolute atomic E-state index is 9.33. The smallest absolute Gasteiger partial charge is 0.182 e. The second-order valence-electron chi connectivity index (χ2n) is 2.47. The Labute approximate surface area is 80.7 Å². The van der Waals surface area contributed by atoms with Crippen LogP contribution in [0.2, 0.25) is 0 Å². The lowest BCUT2D eigenvalue weighted by Crippen LogP contribution is -1.94. The van der Waals surface area contributed by atoms with E-state index in [0.29, 0.717) is 0 Å². The summed E-state index contributed by atoms with van der Waals surface area (Å²) in [6.45, 7) is 0. The van der Waals surface area contributed by atoms with Gasteiger partial charge in [-0.25, -0.2) is 0 Å².